The van der Waals surface area contributed by atoms with Crippen LogP contribution in [0, 0.1) is 16.2 Å². The van der Waals surface area contributed by atoms with Gasteiger partial charge in [0.25, 0.3) is 0 Å². The van der Waals surface area contributed by atoms with Gasteiger partial charge in [0, 0.05) is 44.3 Å². The molecule has 0 N–H and O–H groups in total. The van der Waals surface area contributed by atoms with Crippen molar-refractivity contribution >= 4 is 0 Å². The molecule has 5 nitrogen and oxygen atoms in total. The number of hydrogen-bond donors (Lipinski definition) is 0. The van der Waals surface area contributed by atoms with Crippen molar-refractivity contribution in [3.8, 4) is 0 Å². The molecule has 158 valence electrons. The van der Waals surface area contributed by atoms with Gasteiger partial charge in [0.05, 0.1) is 13.2 Å². The van der Waals surface area contributed by atoms with E-state index >= 15 is 0 Å². The van der Waals surface area contributed by atoms with Crippen LogP contribution in [0.4, 0.5) is 0 Å². The van der Waals surface area contributed by atoms with Crippen LogP contribution in [-0.4, -0.2) is 38.0 Å². The topological polar surface area (TPSA) is 46.2 Å². The van der Waals surface area contributed by atoms with Gasteiger partial charge < -0.3 is 14.2 Å². The average Bonchev–Trinajstić information content (AvgIpc) is 2.80. The maximum absolute atomic E-state index is 6.68. The van der Waals surface area contributed by atoms with Crippen LogP contribution in [0.25, 0.3) is 0 Å². The highest BCUT2D eigenvalue weighted by Gasteiger charge is 2.58. The lowest BCUT2D eigenvalue weighted by Gasteiger charge is -2.48. The Bertz CT molecular complexity index is 479. The van der Waals surface area contributed by atoms with Crippen molar-refractivity contribution in [1.82, 2.24) is 0 Å². The molecule has 0 aromatic rings. The van der Waals surface area contributed by atoms with E-state index in [2.05, 4.69) is 41.5 Å². The van der Waals surface area contributed by atoms with E-state index < -0.39 is 11.6 Å². The normalized spacial score (nSPS) is 32.7. The van der Waals surface area contributed by atoms with Crippen molar-refractivity contribution in [2.75, 3.05) is 26.4 Å². The van der Waals surface area contributed by atoms with E-state index in [1.807, 2.05) is 0 Å². The van der Waals surface area contributed by atoms with Crippen LogP contribution in [0.15, 0.2) is 0 Å². The zero-order valence-corrected chi connectivity index (χ0v) is 18.3. The Labute approximate surface area is 165 Å². The first-order valence-electron chi connectivity index (χ1n) is 10.7. The van der Waals surface area contributed by atoms with Gasteiger partial charge in [-0.2, -0.15) is 9.78 Å². The van der Waals surface area contributed by atoms with Crippen LogP contribution < -0.4 is 0 Å². The SMILES string of the molecule is CC1(C)COCCCC2(CCCOC1)OOC1(CC(C)(C)CC(C)(C)C1)O2. The third-order valence-electron chi connectivity index (χ3n) is 5.85. The first-order valence-corrected chi connectivity index (χ1v) is 10.7. The van der Waals surface area contributed by atoms with E-state index in [1.165, 1.54) is 6.42 Å². The highest BCUT2D eigenvalue weighted by Crippen LogP contribution is 2.56. The van der Waals surface area contributed by atoms with Gasteiger partial charge in [0.15, 0.2) is 0 Å². The van der Waals surface area contributed by atoms with Gasteiger partial charge in [-0.1, -0.05) is 41.5 Å². The Morgan fingerprint density at radius 3 is 1.56 bits per heavy atom. The van der Waals surface area contributed by atoms with Crippen molar-refractivity contribution in [3.63, 3.8) is 0 Å². The summed E-state index contributed by atoms with van der Waals surface area (Å²) in [6, 6.07) is 0. The Hall–Kier alpha value is -0.200. The Morgan fingerprint density at radius 1 is 0.556 bits per heavy atom. The first kappa shape index (κ1) is 21.5. The molecule has 0 bridgehead atoms. The molecule has 27 heavy (non-hydrogen) atoms. The lowest BCUT2D eigenvalue weighted by atomic mass is 9.63. The Kier molecular flexibility index (Phi) is 6.03. The smallest absolute Gasteiger partial charge is 0.205 e. The number of ether oxygens (including phenoxy) is 3. The van der Waals surface area contributed by atoms with Crippen LogP contribution in [0.1, 0.15) is 86.5 Å². The molecule has 0 aromatic heterocycles. The zero-order chi connectivity index (χ0) is 19.8. The predicted octanol–water partition coefficient (Wildman–Crippen LogP) is 5.23. The van der Waals surface area contributed by atoms with E-state index in [4.69, 9.17) is 24.0 Å². The molecule has 3 fully saturated rings. The molecule has 0 unspecified atom stereocenters. The third-order valence-corrected chi connectivity index (χ3v) is 5.85. The maximum atomic E-state index is 6.68. The van der Waals surface area contributed by atoms with E-state index in [9.17, 15) is 0 Å². The van der Waals surface area contributed by atoms with E-state index in [0.717, 1.165) is 38.5 Å². The van der Waals surface area contributed by atoms with Gasteiger partial charge >= 0.3 is 0 Å². The monoisotopic (exact) mass is 384 g/mol. The second kappa shape index (κ2) is 7.56. The van der Waals surface area contributed by atoms with Crippen LogP contribution >= 0.6 is 0 Å². The van der Waals surface area contributed by atoms with Crippen LogP contribution in [0.2, 0.25) is 0 Å². The van der Waals surface area contributed by atoms with Gasteiger partial charge in [-0.3, -0.25) is 0 Å². The molecule has 3 rings (SSSR count). The summed E-state index contributed by atoms with van der Waals surface area (Å²) in [5.74, 6) is -1.31. The summed E-state index contributed by atoms with van der Waals surface area (Å²) in [6.07, 6.45) is 6.29. The lowest BCUT2D eigenvalue weighted by molar-refractivity contribution is -0.365. The second-order valence-electron chi connectivity index (χ2n) is 11.4. The van der Waals surface area contributed by atoms with E-state index in [-0.39, 0.29) is 16.2 Å². The van der Waals surface area contributed by atoms with Crippen molar-refractivity contribution < 1.29 is 24.0 Å². The molecule has 2 saturated heterocycles. The standard InChI is InChI=1S/C22H40O5/c1-18(2)13-19(3,4)15-22(14-18)25-21(26-27-22)9-7-11-23-16-20(5,6)17-24-12-8-10-21/h7-17H2,1-6H3. The molecule has 2 spiro atoms. The quantitative estimate of drug-likeness (QED) is 0.535. The summed E-state index contributed by atoms with van der Waals surface area (Å²) in [5, 5.41) is 0. The van der Waals surface area contributed by atoms with Crippen molar-refractivity contribution in [1.29, 1.82) is 0 Å². The van der Waals surface area contributed by atoms with E-state index in [1.54, 1.807) is 0 Å². The molecule has 2 heterocycles. The van der Waals surface area contributed by atoms with E-state index in [0.29, 0.717) is 26.4 Å². The third kappa shape index (κ3) is 5.66. The molecule has 1 aliphatic carbocycles. The molecule has 3 aliphatic rings. The van der Waals surface area contributed by atoms with Crippen LogP contribution in [-0.2, 0) is 24.0 Å². The minimum Gasteiger partial charge on any atom is -0.381 e. The summed E-state index contributed by atoms with van der Waals surface area (Å²) in [4.78, 5) is 12.0. The van der Waals surface area contributed by atoms with Gasteiger partial charge in [0.1, 0.15) is 0 Å². The Balaban J connectivity index is 1.68. The highest BCUT2D eigenvalue weighted by atomic mass is 17.3. The van der Waals surface area contributed by atoms with Gasteiger partial charge in [-0.25, -0.2) is 0 Å². The van der Waals surface area contributed by atoms with Crippen molar-refractivity contribution in [3.05, 3.63) is 0 Å². The minimum absolute atomic E-state index is 0.0592. The molecular weight excluding hydrogens is 344 g/mol. The molecular formula is C22H40O5. The van der Waals surface area contributed by atoms with Gasteiger partial charge in [-0.15, -0.1) is 0 Å². The Morgan fingerprint density at radius 2 is 1.04 bits per heavy atom. The predicted molar refractivity (Wildman–Crippen MR) is 104 cm³/mol. The molecule has 0 amide bonds. The van der Waals surface area contributed by atoms with Crippen LogP contribution in [0.5, 0.6) is 0 Å². The minimum atomic E-state index is -0.676. The average molecular weight is 385 g/mol. The highest BCUT2D eigenvalue weighted by molar-refractivity contribution is 4.96. The molecule has 0 radical (unpaired) electrons. The summed E-state index contributed by atoms with van der Waals surface area (Å²) < 4.78 is 18.5. The summed E-state index contributed by atoms with van der Waals surface area (Å²) in [6.45, 7) is 16.4. The van der Waals surface area contributed by atoms with Crippen molar-refractivity contribution in [2.24, 2.45) is 16.2 Å². The summed E-state index contributed by atoms with van der Waals surface area (Å²) in [7, 11) is 0. The lowest BCUT2D eigenvalue weighted by Crippen LogP contribution is -2.48. The summed E-state index contributed by atoms with van der Waals surface area (Å²) >= 11 is 0. The molecule has 2 aliphatic heterocycles. The summed E-state index contributed by atoms with van der Waals surface area (Å²) in [5.41, 5.74) is 0.392. The van der Waals surface area contributed by atoms with Gasteiger partial charge in [0.2, 0.25) is 11.6 Å². The fourth-order valence-corrected chi connectivity index (χ4v) is 5.53. The number of rotatable bonds is 0. The first-order chi connectivity index (χ1) is 12.4. The largest absolute Gasteiger partial charge is 0.381 e. The molecule has 0 atom stereocenters. The van der Waals surface area contributed by atoms with Gasteiger partial charge in [-0.05, 0) is 30.1 Å². The molecule has 5 heteroatoms. The fourth-order valence-electron chi connectivity index (χ4n) is 5.53. The zero-order valence-electron chi connectivity index (χ0n) is 18.3. The van der Waals surface area contributed by atoms with Crippen molar-refractivity contribution in [2.45, 2.75) is 98.1 Å². The van der Waals surface area contributed by atoms with Crippen LogP contribution in [0.3, 0.4) is 0 Å². The second-order valence-corrected chi connectivity index (χ2v) is 11.4. The number of hydrogen-bond acceptors (Lipinski definition) is 5. The maximum Gasteiger partial charge on any atom is 0.205 e. The molecule has 1 saturated carbocycles. The fraction of sp³-hybridized carbons (Fsp3) is 1.00. The molecule has 0 aromatic carbocycles.